The fourth-order valence-corrected chi connectivity index (χ4v) is 4.98. The van der Waals surface area contributed by atoms with Crippen LogP contribution in [0.4, 0.5) is 0 Å². The molecule has 4 aromatic rings. The first kappa shape index (κ1) is 25.5. The summed E-state index contributed by atoms with van der Waals surface area (Å²) in [7, 11) is 3.13. The second kappa shape index (κ2) is 10.3. The quantitative estimate of drug-likeness (QED) is 0.315. The minimum atomic E-state index is -0.483. The molecule has 0 bridgehead atoms. The maximum Gasteiger partial charge on any atom is 0.261 e. The molecule has 0 saturated heterocycles. The number of ether oxygens (including phenoxy) is 2. The van der Waals surface area contributed by atoms with Crippen LogP contribution in [0.15, 0.2) is 63.9 Å². The topological polar surface area (TPSA) is 111 Å². The Bertz CT molecular complexity index is 1650. The maximum atomic E-state index is 13.5. The second-order valence-corrected chi connectivity index (χ2v) is 9.74. The van der Waals surface area contributed by atoms with Gasteiger partial charge < -0.3 is 14.6 Å². The molecule has 1 aromatic heterocycles. The third-order valence-electron chi connectivity index (χ3n) is 6.58. The van der Waals surface area contributed by atoms with Crippen LogP contribution in [-0.2, 0) is 19.4 Å². The molecule has 0 unspecified atom stereocenters. The van der Waals surface area contributed by atoms with Gasteiger partial charge in [-0.25, -0.2) is 4.98 Å². The summed E-state index contributed by atoms with van der Waals surface area (Å²) in [6.45, 7) is 0.369. The number of hydrogen-bond donors (Lipinski definition) is 1. The van der Waals surface area contributed by atoms with Crippen molar-refractivity contribution in [2.24, 2.45) is 0 Å². The van der Waals surface area contributed by atoms with Gasteiger partial charge in [-0.2, -0.15) is 0 Å². The third-order valence-corrected chi connectivity index (χ3v) is 7.07. The van der Waals surface area contributed by atoms with Crippen LogP contribution in [0.2, 0.25) is 0 Å². The van der Waals surface area contributed by atoms with Crippen molar-refractivity contribution < 1.29 is 24.2 Å². The smallest absolute Gasteiger partial charge is 0.261 e. The molecule has 0 atom stereocenters. The Kier molecular flexibility index (Phi) is 6.90. The molecule has 0 spiro atoms. The molecule has 1 aliphatic heterocycles. The number of aromatic nitrogens is 2. The van der Waals surface area contributed by atoms with E-state index in [1.807, 2.05) is 18.2 Å². The van der Waals surface area contributed by atoms with Crippen molar-refractivity contribution in [1.82, 2.24) is 14.5 Å². The number of hydrogen-bond acceptors (Lipinski definition) is 7. The number of fused-ring (bicyclic) bond motifs is 2. The van der Waals surface area contributed by atoms with Crippen molar-refractivity contribution in [3.63, 3.8) is 0 Å². The first-order chi connectivity index (χ1) is 18.3. The Hall–Kier alpha value is -4.18. The summed E-state index contributed by atoms with van der Waals surface area (Å²) in [5, 5.41) is 10.2. The van der Waals surface area contributed by atoms with Crippen molar-refractivity contribution in [2.45, 2.75) is 19.4 Å². The van der Waals surface area contributed by atoms with Gasteiger partial charge >= 0.3 is 0 Å². The highest BCUT2D eigenvalue weighted by Crippen LogP contribution is 2.28. The fraction of sp³-hybridized carbons (Fsp3) is 0.214. The summed E-state index contributed by atoms with van der Waals surface area (Å²) >= 11 is 3.43. The van der Waals surface area contributed by atoms with Crippen LogP contribution in [0, 0.1) is 0 Å². The maximum absolute atomic E-state index is 13.5. The molecule has 1 N–H and O–H groups in total. The van der Waals surface area contributed by atoms with Gasteiger partial charge in [0.15, 0.2) is 11.5 Å². The van der Waals surface area contributed by atoms with Crippen LogP contribution in [0.5, 0.6) is 17.2 Å². The molecule has 10 heteroatoms. The van der Waals surface area contributed by atoms with Gasteiger partial charge in [-0.3, -0.25) is 23.9 Å². The number of amides is 2. The van der Waals surface area contributed by atoms with E-state index in [1.54, 1.807) is 37.0 Å². The van der Waals surface area contributed by atoms with E-state index in [9.17, 15) is 19.5 Å². The number of phenolic OH excluding ortho intramolecular Hbond substituents is 1. The summed E-state index contributed by atoms with van der Waals surface area (Å²) in [6, 6.07) is 15.0. The molecule has 2 amide bonds. The zero-order chi connectivity index (χ0) is 27.0. The van der Waals surface area contributed by atoms with Gasteiger partial charge in [-0.05, 0) is 60.5 Å². The molecule has 3 aromatic carbocycles. The van der Waals surface area contributed by atoms with E-state index >= 15 is 0 Å². The Balaban J connectivity index is 1.46. The Morgan fingerprint density at radius 3 is 2.37 bits per heavy atom. The lowest BCUT2D eigenvalue weighted by Crippen LogP contribution is -2.34. The van der Waals surface area contributed by atoms with Gasteiger partial charge in [0.1, 0.15) is 11.6 Å². The average molecular weight is 578 g/mol. The Labute approximate surface area is 226 Å². The van der Waals surface area contributed by atoms with Crippen molar-refractivity contribution in [3.8, 4) is 17.2 Å². The molecule has 38 heavy (non-hydrogen) atoms. The third kappa shape index (κ3) is 4.63. The number of rotatable bonds is 8. The van der Waals surface area contributed by atoms with Gasteiger partial charge in [-0.15, -0.1) is 0 Å². The standard InChI is InChI=1S/C28H24BrN3O6/c1-37-23-8-3-16(13-24(23)38-2)9-11-31-25(30-22-14-17(29)4-6-20(22)27(31)35)10-12-32-26(34)19-7-5-18(33)15-21(19)28(32)36/h3-8,13-15,33H,9-12H2,1-2H3. The second-order valence-electron chi connectivity index (χ2n) is 8.83. The van der Waals surface area contributed by atoms with E-state index < -0.39 is 11.8 Å². The zero-order valence-electron chi connectivity index (χ0n) is 20.7. The molecule has 5 rings (SSSR count). The van der Waals surface area contributed by atoms with Gasteiger partial charge in [0.2, 0.25) is 0 Å². The van der Waals surface area contributed by atoms with Crippen molar-refractivity contribution >= 4 is 38.6 Å². The van der Waals surface area contributed by atoms with E-state index in [1.165, 1.54) is 18.2 Å². The van der Waals surface area contributed by atoms with Gasteiger partial charge in [0.25, 0.3) is 17.4 Å². The van der Waals surface area contributed by atoms with E-state index in [4.69, 9.17) is 14.5 Å². The number of nitrogens with zero attached hydrogens (tertiary/aromatic N) is 3. The number of phenols is 1. The highest BCUT2D eigenvalue weighted by Gasteiger charge is 2.35. The molecule has 0 aliphatic carbocycles. The van der Waals surface area contributed by atoms with Crippen LogP contribution in [-0.4, -0.2) is 52.1 Å². The number of benzene rings is 3. The lowest BCUT2D eigenvalue weighted by atomic mass is 10.1. The number of methoxy groups -OCH3 is 2. The summed E-state index contributed by atoms with van der Waals surface area (Å²) in [5.74, 6) is 0.659. The molecule has 194 valence electrons. The van der Waals surface area contributed by atoms with Gasteiger partial charge in [0, 0.05) is 24.0 Å². The Morgan fingerprint density at radius 1 is 0.842 bits per heavy atom. The summed E-state index contributed by atoms with van der Waals surface area (Å²) < 4.78 is 13.1. The van der Waals surface area contributed by atoms with Gasteiger partial charge in [0.05, 0.1) is 36.2 Å². The predicted octanol–water partition coefficient (Wildman–Crippen LogP) is 3.96. The van der Waals surface area contributed by atoms with Crippen molar-refractivity contribution in [3.05, 3.63) is 91.9 Å². The summed E-state index contributed by atoms with van der Waals surface area (Å²) in [6.07, 6.45) is 0.699. The number of aryl methyl sites for hydroxylation is 1. The minimum absolute atomic E-state index is 0.0371. The van der Waals surface area contributed by atoms with Crippen LogP contribution >= 0.6 is 15.9 Å². The number of carbonyl (C=O) groups excluding carboxylic acids is 2. The lowest BCUT2D eigenvalue weighted by Gasteiger charge is -2.17. The molecule has 0 radical (unpaired) electrons. The first-order valence-corrected chi connectivity index (χ1v) is 12.7. The highest BCUT2D eigenvalue weighted by atomic mass is 79.9. The lowest BCUT2D eigenvalue weighted by molar-refractivity contribution is 0.0655. The normalized spacial score (nSPS) is 12.8. The number of carbonyl (C=O) groups is 2. The molecular weight excluding hydrogens is 554 g/mol. The monoisotopic (exact) mass is 577 g/mol. The largest absolute Gasteiger partial charge is 0.508 e. The zero-order valence-corrected chi connectivity index (χ0v) is 22.3. The average Bonchev–Trinajstić information content (AvgIpc) is 3.14. The predicted molar refractivity (Wildman–Crippen MR) is 144 cm³/mol. The van der Waals surface area contributed by atoms with Crippen LogP contribution in [0.1, 0.15) is 32.1 Å². The van der Waals surface area contributed by atoms with Crippen LogP contribution in [0.3, 0.4) is 0 Å². The molecule has 9 nitrogen and oxygen atoms in total. The highest BCUT2D eigenvalue weighted by molar-refractivity contribution is 9.10. The summed E-state index contributed by atoms with van der Waals surface area (Å²) in [5.41, 5.74) is 1.67. The number of aromatic hydroxyl groups is 1. The molecular formula is C28H24BrN3O6. The Morgan fingerprint density at radius 2 is 1.61 bits per heavy atom. The molecule has 0 saturated carbocycles. The minimum Gasteiger partial charge on any atom is -0.508 e. The van der Waals surface area contributed by atoms with Crippen LogP contribution in [0.25, 0.3) is 10.9 Å². The molecule has 0 fully saturated rings. The fourth-order valence-electron chi connectivity index (χ4n) is 4.63. The van der Waals surface area contributed by atoms with Crippen molar-refractivity contribution in [2.75, 3.05) is 20.8 Å². The van der Waals surface area contributed by atoms with E-state index in [0.717, 1.165) is 14.9 Å². The molecule has 2 heterocycles. The molecule has 1 aliphatic rings. The van der Waals surface area contributed by atoms with Gasteiger partial charge in [-0.1, -0.05) is 22.0 Å². The summed E-state index contributed by atoms with van der Waals surface area (Å²) in [4.78, 5) is 45.2. The number of halogens is 1. The van der Waals surface area contributed by atoms with E-state index in [-0.39, 0.29) is 35.4 Å². The van der Waals surface area contributed by atoms with Crippen LogP contribution < -0.4 is 15.0 Å². The SMILES string of the molecule is COc1ccc(CCn2c(CCN3C(=O)c4ccc(O)cc4C3=O)nc3cc(Br)ccc3c2=O)cc1OC. The van der Waals surface area contributed by atoms with Crippen molar-refractivity contribution in [1.29, 1.82) is 0 Å². The van der Waals surface area contributed by atoms with E-state index in [0.29, 0.717) is 41.2 Å². The first-order valence-electron chi connectivity index (χ1n) is 11.9. The van der Waals surface area contributed by atoms with E-state index in [2.05, 4.69) is 15.9 Å². The number of imide groups is 1.